The van der Waals surface area contributed by atoms with Gasteiger partial charge in [0.1, 0.15) is 12.3 Å². The second-order valence-electron chi connectivity index (χ2n) is 9.00. The summed E-state index contributed by atoms with van der Waals surface area (Å²) in [5.74, 6) is 0.933. The summed E-state index contributed by atoms with van der Waals surface area (Å²) >= 11 is 0. The Bertz CT molecular complexity index is 737. The standard InChI is InChI=1S/C23H37N3O4/c1-16-7-10-25(11-8-16)14-19-6-5-9-26(15-19)22(27)21-17(2)20(18(3)24-21)23(28)30-13-12-29-4/h16,19,24H,5-15H2,1-4H3. The predicted molar refractivity (Wildman–Crippen MR) is 116 cm³/mol. The number of hydrogen-bond donors (Lipinski definition) is 1. The molecule has 2 saturated heterocycles. The number of esters is 1. The maximum absolute atomic E-state index is 13.3. The number of H-pyrrole nitrogens is 1. The lowest BCUT2D eigenvalue weighted by molar-refractivity contribution is 0.0387. The van der Waals surface area contributed by atoms with Crippen LogP contribution >= 0.6 is 0 Å². The molecule has 2 aliphatic heterocycles. The Morgan fingerprint density at radius 3 is 2.53 bits per heavy atom. The molecule has 1 amide bonds. The lowest BCUT2D eigenvalue weighted by Gasteiger charge is -2.37. The summed E-state index contributed by atoms with van der Waals surface area (Å²) in [6, 6.07) is 0. The summed E-state index contributed by atoms with van der Waals surface area (Å²) < 4.78 is 10.2. The number of carbonyl (C=O) groups is 2. The van der Waals surface area contributed by atoms with E-state index in [0.29, 0.717) is 35.0 Å². The number of rotatable bonds is 7. The molecule has 1 aromatic rings. The molecule has 2 fully saturated rings. The maximum atomic E-state index is 13.3. The van der Waals surface area contributed by atoms with Crippen molar-refractivity contribution in [3.63, 3.8) is 0 Å². The molecule has 0 aliphatic carbocycles. The molecule has 7 heteroatoms. The van der Waals surface area contributed by atoms with Crippen LogP contribution in [0.15, 0.2) is 0 Å². The molecule has 0 spiro atoms. The topological polar surface area (TPSA) is 74.9 Å². The smallest absolute Gasteiger partial charge is 0.340 e. The van der Waals surface area contributed by atoms with Crippen molar-refractivity contribution in [1.82, 2.24) is 14.8 Å². The van der Waals surface area contributed by atoms with Crippen LogP contribution in [0.2, 0.25) is 0 Å². The van der Waals surface area contributed by atoms with E-state index in [1.54, 1.807) is 7.11 Å². The predicted octanol–water partition coefficient (Wildman–Crippen LogP) is 3.02. The van der Waals surface area contributed by atoms with Crippen LogP contribution in [0.25, 0.3) is 0 Å². The van der Waals surface area contributed by atoms with Crippen molar-refractivity contribution in [2.45, 2.75) is 46.5 Å². The van der Waals surface area contributed by atoms with Gasteiger partial charge in [-0.05, 0) is 70.0 Å². The van der Waals surface area contributed by atoms with Gasteiger partial charge in [0.2, 0.25) is 0 Å². The van der Waals surface area contributed by atoms with Crippen LogP contribution < -0.4 is 0 Å². The number of aromatic amines is 1. The van der Waals surface area contributed by atoms with Crippen molar-refractivity contribution in [3.05, 3.63) is 22.5 Å². The van der Waals surface area contributed by atoms with Crippen molar-refractivity contribution in [3.8, 4) is 0 Å². The van der Waals surface area contributed by atoms with Gasteiger partial charge in [0, 0.05) is 32.4 Å². The summed E-state index contributed by atoms with van der Waals surface area (Å²) in [7, 11) is 1.56. The second kappa shape index (κ2) is 10.4. The Labute approximate surface area is 180 Å². The van der Waals surface area contributed by atoms with Gasteiger partial charge in [-0.3, -0.25) is 4.79 Å². The van der Waals surface area contributed by atoms with E-state index in [9.17, 15) is 9.59 Å². The molecule has 1 N–H and O–H groups in total. The van der Waals surface area contributed by atoms with Crippen LogP contribution in [-0.4, -0.2) is 79.7 Å². The van der Waals surface area contributed by atoms with Crippen LogP contribution in [0, 0.1) is 25.7 Å². The SMILES string of the molecule is COCCOC(=O)c1c(C)[nH]c(C(=O)N2CCCC(CN3CCC(C)CC3)C2)c1C. The van der Waals surface area contributed by atoms with E-state index in [1.807, 2.05) is 18.7 Å². The highest BCUT2D eigenvalue weighted by Gasteiger charge is 2.30. The minimum Gasteiger partial charge on any atom is -0.460 e. The van der Waals surface area contributed by atoms with Gasteiger partial charge in [-0.1, -0.05) is 6.92 Å². The van der Waals surface area contributed by atoms with Gasteiger partial charge < -0.3 is 24.3 Å². The van der Waals surface area contributed by atoms with Crippen molar-refractivity contribution in [1.29, 1.82) is 0 Å². The van der Waals surface area contributed by atoms with Crippen molar-refractivity contribution in [2.24, 2.45) is 11.8 Å². The zero-order valence-corrected chi connectivity index (χ0v) is 19.0. The van der Waals surface area contributed by atoms with Crippen molar-refractivity contribution >= 4 is 11.9 Å². The highest BCUT2D eigenvalue weighted by atomic mass is 16.6. The van der Waals surface area contributed by atoms with E-state index >= 15 is 0 Å². The fourth-order valence-electron chi connectivity index (χ4n) is 4.73. The third-order valence-corrected chi connectivity index (χ3v) is 6.57. The Balaban J connectivity index is 1.63. The number of piperidine rings is 2. The van der Waals surface area contributed by atoms with Gasteiger partial charge in [0.25, 0.3) is 5.91 Å². The molecule has 7 nitrogen and oxygen atoms in total. The van der Waals surface area contributed by atoms with Crippen molar-refractivity contribution < 1.29 is 19.1 Å². The molecule has 3 heterocycles. The van der Waals surface area contributed by atoms with Gasteiger partial charge in [0.15, 0.2) is 0 Å². The number of likely N-dealkylation sites (tertiary alicyclic amines) is 2. The van der Waals surface area contributed by atoms with Gasteiger partial charge in [-0.15, -0.1) is 0 Å². The molecule has 30 heavy (non-hydrogen) atoms. The molecule has 2 aliphatic rings. The Hall–Kier alpha value is -1.86. The number of nitrogens with one attached hydrogen (secondary N) is 1. The molecule has 1 unspecified atom stereocenters. The zero-order chi connectivity index (χ0) is 21.7. The number of ether oxygens (including phenoxy) is 2. The third-order valence-electron chi connectivity index (χ3n) is 6.57. The molecule has 168 valence electrons. The number of aromatic nitrogens is 1. The lowest BCUT2D eigenvalue weighted by atomic mass is 9.94. The van der Waals surface area contributed by atoms with Gasteiger partial charge >= 0.3 is 5.97 Å². The Morgan fingerprint density at radius 2 is 1.83 bits per heavy atom. The highest BCUT2D eigenvalue weighted by Crippen LogP contribution is 2.25. The molecular formula is C23H37N3O4. The van der Waals surface area contributed by atoms with Crippen LogP contribution in [0.3, 0.4) is 0 Å². The molecule has 1 atom stereocenters. The first-order chi connectivity index (χ1) is 14.4. The number of nitrogens with zero attached hydrogens (tertiary/aromatic N) is 2. The van der Waals surface area contributed by atoms with Crippen LogP contribution in [-0.2, 0) is 9.47 Å². The third kappa shape index (κ3) is 5.43. The molecule has 0 radical (unpaired) electrons. The molecule has 0 saturated carbocycles. The minimum atomic E-state index is -0.409. The quantitative estimate of drug-likeness (QED) is 0.543. The van der Waals surface area contributed by atoms with Gasteiger partial charge in [0.05, 0.1) is 12.2 Å². The van der Waals surface area contributed by atoms with E-state index < -0.39 is 5.97 Å². The van der Waals surface area contributed by atoms with Gasteiger partial charge in [-0.25, -0.2) is 4.79 Å². The number of amides is 1. The zero-order valence-electron chi connectivity index (χ0n) is 19.0. The number of methoxy groups -OCH3 is 1. The van der Waals surface area contributed by atoms with Crippen LogP contribution in [0.1, 0.15) is 64.7 Å². The minimum absolute atomic E-state index is 0.0106. The molecule has 0 bridgehead atoms. The molecule has 0 aromatic carbocycles. The molecule has 3 rings (SSSR count). The van der Waals surface area contributed by atoms with E-state index in [2.05, 4.69) is 16.8 Å². The lowest BCUT2D eigenvalue weighted by Crippen LogP contribution is -2.45. The summed E-state index contributed by atoms with van der Waals surface area (Å²) in [6.07, 6.45) is 4.76. The summed E-state index contributed by atoms with van der Waals surface area (Å²) in [6.45, 7) is 11.5. The van der Waals surface area contributed by atoms with E-state index in [4.69, 9.17) is 9.47 Å². The Kier molecular flexibility index (Phi) is 7.94. The fraction of sp³-hybridized carbons (Fsp3) is 0.739. The van der Waals surface area contributed by atoms with E-state index in [1.165, 1.54) is 32.4 Å². The average molecular weight is 420 g/mol. The molecular weight excluding hydrogens is 382 g/mol. The second-order valence-corrected chi connectivity index (χ2v) is 9.00. The van der Waals surface area contributed by atoms with Crippen molar-refractivity contribution in [2.75, 3.05) is 53.0 Å². The Morgan fingerprint density at radius 1 is 1.10 bits per heavy atom. The summed E-state index contributed by atoms with van der Waals surface area (Å²) in [5, 5.41) is 0. The number of carbonyl (C=O) groups excluding carboxylic acids is 2. The first-order valence-electron chi connectivity index (χ1n) is 11.3. The normalized spacial score (nSPS) is 21.1. The van der Waals surface area contributed by atoms with E-state index in [0.717, 1.165) is 32.0 Å². The van der Waals surface area contributed by atoms with Crippen LogP contribution in [0.4, 0.5) is 0 Å². The number of aryl methyl sites for hydroxylation is 1. The maximum Gasteiger partial charge on any atom is 0.340 e. The monoisotopic (exact) mass is 419 g/mol. The van der Waals surface area contributed by atoms with E-state index in [-0.39, 0.29) is 12.5 Å². The first kappa shape index (κ1) is 22.8. The fourth-order valence-corrected chi connectivity index (χ4v) is 4.73. The molecule has 1 aromatic heterocycles. The average Bonchev–Trinajstić information content (AvgIpc) is 3.03. The summed E-state index contributed by atoms with van der Waals surface area (Å²) in [5.41, 5.74) is 2.32. The summed E-state index contributed by atoms with van der Waals surface area (Å²) in [4.78, 5) is 33.4. The number of hydrogen-bond acceptors (Lipinski definition) is 5. The van der Waals surface area contributed by atoms with Gasteiger partial charge in [-0.2, -0.15) is 0 Å². The highest BCUT2D eigenvalue weighted by molar-refractivity contribution is 6.00. The first-order valence-corrected chi connectivity index (χ1v) is 11.3. The largest absolute Gasteiger partial charge is 0.460 e. The van der Waals surface area contributed by atoms with Crippen LogP contribution in [0.5, 0.6) is 0 Å².